The molecule has 1 heterocycles. The van der Waals surface area contributed by atoms with Crippen molar-refractivity contribution in [3.05, 3.63) is 53.7 Å². The van der Waals surface area contributed by atoms with E-state index in [1.165, 1.54) is 23.8 Å². The quantitative estimate of drug-likeness (QED) is 0.878. The van der Waals surface area contributed by atoms with E-state index in [9.17, 15) is 9.59 Å². The summed E-state index contributed by atoms with van der Waals surface area (Å²) in [4.78, 5) is 30.2. The van der Waals surface area contributed by atoms with Crippen molar-refractivity contribution < 1.29 is 14.3 Å². The predicted molar refractivity (Wildman–Crippen MR) is 89.7 cm³/mol. The second-order valence-electron chi connectivity index (χ2n) is 5.71. The number of nitrogens with zero attached hydrogens (tertiary/aromatic N) is 2. The van der Waals surface area contributed by atoms with Gasteiger partial charge in [-0.2, -0.15) is 0 Å². The number of methoxy groups -OCH3 is 1. The van der Waals surface area contributed by atoms with Crippen LogP contribution in [0.5, 0.6) is 5.88 Å². The van der Waals surface area contributed by atoms with Gasteiger partial charge in [0.1, 0.15) is 0 Å². The second-order valence-corrected chi connectivity index (χ2v) is 5.71. The Hall–Kier alpha value is -2.89. The number of ether oxygens (including phenoxy) is 1. The molecule has 0 saturated heterocycles. The smallest absolute Gasteiger partial charge is 0.313 e. The highest BCUT2D eigenvalue weighted by molar-refractivity contribution is 6.39. The lowest BCUT2D eigenvalue weighted by atomic mass is 10.1. The van der Waals surface area contributed by atoms with Gasteiger partial charge in [-0.3, -0.25) is 9.59 Å². The standard InChI is InChI=1S/C18H19N3O3/c1-21(15-9-7-12-5-3-4-6-14(12)15)18(23)17(22)20-13-8-10-16(24-2)19-11-13/h3-6,8,10-11,15H,7,9H2,1-2H3,(H,20,22)/t15-/m1/s1. The number of amides is 2. The first-order chi connectivity index (χ1) is 11.6. The molecular weight excluding hydrogens is 306 g/mol. The zero-order valence-corrected chi connectivity index (χ0v) is 13.7. The van der Waals surface area contributed by atoms with E-state index in [0.29, 0.717) is 11.6 Å². The van der Waals surface area contributed by atoms with E-state index in [-0.39, 0.29) is 6.04 Å². The number of fused-ring (bicyclic) bond motifs is 1. The first kappa shape index (κ1) is 16.0. The minimum atomic E-state index is -0.672. The Morgan fingerprint density at radius 2 is 2.04 bits per heavy atom. The van der Waals surface area contributed by atoms with Crippen molar-refractivity contribution in [3.8, 4) is 5.88 Å². The van der Waals surface area contributed by atoms with Crippen LogP contribution in [0.1, 0.15) is 23.6 Å². The third-order valence-electron chi connectivity index (χ3n) is 4.29. The van der Waals surface area contributed by atoms with Crippen LogP contribution in [0.2, 0.25) is 0 Å². The average Bonchev–Trinajstić information content (AvgIpc) is 3.05. The number of hydrogen-bond acceptors (Lipinski definition) is 4. The van der Waals surface area contributed by atoms with E-state index in [1.54, 1.807) is 19.2 Å². The van der Waals surface area contributed by atoms with Gasteiger partial charge in [0.2, 0.25) is 5.88 Å². The summed E-state index contributed by atoms with van der Waals surface area (Å²) < 4.78 is 4.96. The summed E-state index contributed by atoms with van der Waals surface area (Å²) in [6, 6.07) is 11.2. The van der Waals surface area contributed by atoms with E-state index in [2.05, 4.69) is 16.4 Å². The number of likely N-dealkylation sites (N-methyl/N-ethyl adjacent to an activating group) is 1. The summed E-state index contributed by atoms with van der Waals surface area (Å²) in [7, 11) is 3.18. The Bertz CT molecular complexity index is 758. The molecule has 6 nitrogen and oxygen atoms in total. The lowest BCUT2D eigenvalue weighted by Gasteiger charge is -2.24. The Morgan fingerprint density at radius 1 is 1.25 bits per heavy atom. The van der Waals surface area contributed by atoms with Crippen LogP contribution in [0.15, 0.2) is 42.6 Å². The molecule has 124 valence electrons. The average molecular weight is 325 g/mol. The summed E-state index contributed by atoms with van der Waals surface area (Å²) in [5.74, 6) is -0.791. The molecule has 1 atom stereocenters. The van der Waals surface area contributed by atoms with Crippen molar-refractivity contribution in [2.75, 3.05) is 19.5 Å². The van der Waals surface area contributed by atoms with Crippen LogP contribution in [0.4, 0.5) is 5.69 Å². The maximum atomic E-state index is 12.4. The van der Waals surface area contributed by atoms with Crippen LogP contribution < -0.4 is 10.1 Å². The van der Waals surface area contributed by atoms with E-state index in [4.69, 9.17) is 4.74 Å². The molecule has 2 amide bonds. The number of aryl methyl sites for hydroxylation is 1. The van der Waals surface area contributed by atoms with Gasteiger partial charge in [-0.15, -0.1) is 0 Å². The first-order valence-electron chi connectivity index (χ1n) is 7.76. The molecule has 0 aliphatic heterocycles. The minimum Gasteiger partial charge on any atom is -0.481 e. The summed E-state index contributed by atoms with van der Waals surface area (Å²) in [5.41, 5.74) is 2.81. The Labute approximate surface area is 140 Å². The third kappa shape index (κ3) is 3.08. The van der Waals surface area contributed by atoms with Gasteiger partial charge in [0.05, 0.1) is 25.0 Å². The largest absolute Gasteiger partial charge is 0.481 e. The SMILES string of the molecule is COc1ccc(NC(=O)C(=O)N(C)[C@@H]2CCc3ccccc32)cn1. The van der Waals surface area contributed by atoms with Crippen LogP contribution in [0.25, 0.3) is 0 Å². The van der Waals surface area contributed by atoms with Crippen molar-refractivity contribution in [3.63, 3.8) is 0 Å². The van der Waals surface area contributed by atoms with Gasteiger partial charge in [0.25, 0.3) is 0 Å². The number of carbonyl (C=O) groups excluding carboxylic acids is 2. The van der Waals surface area contributed by atoms with Gasteiger partial charge in [-0.05, 0) is 30.0 Å². The van der Waals surface area contributed by atoms with Crippen LogP contribution in [0, 0.1) is 0 Å². The summed E-state index contributed by atoms with van der Waals surface area (Å²) in [5, 5.41) is 2.57. The molecular formula is C18H19N3O3. The molecule has 1 aromatic heterocycles. The third-order valence-corrected chi connectivity index (χ3v) is 4.29. The fourth-order valence-electron chi connectivity index (χ4n) is 3.00. The van der Waals surface area contributed by atoms with Crippen molar-refractivity contribution in [2.45, 2.75) is 18.9 Å². The molecule has 3 rings (SSSR count). The number of pyridine rings is 1. The van der Waals surface area contributed by atoms with Crippen molar-refractivity contribution in [1.82, 2.24) is 9.88 Å². The summed E-state index contributed by atoms with van der Waals surface area (Å²) in [6.07, 6.45) is 3.20. The molecule has 0 saturated carbocycles. The van der Waals surface area contributed by atoms with Crippen LogP contribution in [-0.2, 0) is 16.0 Å². The Morgan fingerprint density at radius 3 is 2.75 bits per heavy atom. The van der Waals surface area contributed by atoms with E-state index < -0.39 is 11.8 Å². The molecule has 6 heteroatoms. The van der Waals surface area contributed by atoms with Crippen molar-refractivity contribution in [1.29, 1.82) is 0 Å². The number of benzene rings is 1. The highest BCUT2D eigenvalue weighted by atomic mass is 16.5. The van der Waals surface area contributed by atoms with Gasteiger partial charge in [0, 0.05) is 13.1 Å². The number of anilines is 1. The summed E-state index contributed by atoms with van der Waals surface area (Å²) >= 11 is 0. The zero-order valence-electron chi connectivity index (χ0n) is 13.7. The van der Waals surface area contributed by atoms with Gasteiger partial charge < -0.3 is 15.0 Å². The first-order valence-corrected chi connectivity index (χ1v) is 7.76. The predicted octanol–water partition coefficient (Wildman–Crippen LogP) is 2.17. The number of nitrogens with one attached hydrogen (secondary N) is 1. The maximum absolute atomic E-state index is 12.4. The van der Waals surface area contributed by atoms with Crippen LogP contribution in [-0.4, -0.2) is 35.9 Å². The second kappa shape index (κ2) is 6.70. The minimum absolute atomic E-state index is 0.0616. The fourth-order valence-corrected chi connectivity index (χ4v) is 3.00. The number of rotatable bonds is 3. The Balaban J connectivity index is 1.68. The van der Waals surface area contributed by atoms with Crippen LogP contribution in [0.3, 0.4) is 0 Å². The molecule has 1 N–H and O–H groups in total. The maximum Gasteiger partial charge on any atom is 0.313 e. The van der Waals surface area contributed by atoms with Gasteiger partial charge in [-0.25, -0.2) is 4.98 Å². The number of aromatic nitrogens is 1. The zero-order chi connectivity index (χ0) is 17.1. The Kier molecular flexibility index (Phi) is 4.46. The molecule has 1 aliphatic carbocycles. The topological polar surface area (TPSA) is 71.5 Å². The van der Waals surface area contributed by atoms with Gasteiger partial charge in [0.15, 0.2) is 0 Å². The van der Waals surface area contributed by atoms with E-state index >= 15 is 0 Å². The van der Waals surface area contributed by atoms with Gasteiger partial charge >= 0.3 is 11.8 Å². The fraction of sp³-hybridized carbons (Fsp3) is 0.278. The normalized spacial score (nSPS) is 15.5. The molecule has 0 spiro atoms. The molecule has 2 aromatic rings. The van der Waals surface area contributed by atoms with Crippen molar-refractivity contribution >= 4 is 17.5 Å². The monoisotopic (exact) mass is 325 g/mol. The lowest BCUT2D eigenvalue weighted by Crippen LogP contribution is -2.38. The highest BCUT2D eigenvalue weighted by Gasteiger charge is 2.31. The molecule has 0 fully saturated rings. The number of carbonyl (C=O) groups is 2. The summed E-state index contributed by atoms with van der Waals surface area (Å²) in [6.45, 7) is 0. The number of hydrogen-bond donors (Lipinski definition) is 1. The van der Waals surface area contributed by atoms with Gasteiger partial charge in [-0.1, -0.05) is 24.3 Å². The van der Waals surface area contributed by atoms with E-state index in [1.807, 2.05) is 18.2 Å². The lowest BCUT2D eigenvalue weighted by molar-refractivity contribution is -0.143. The molecule has 24 heavy (non-hydrogen) atoms. The molecule has 1 aliphatic rings. The molecule has 0 bridgehead atoms. The molecule has 1 aromatic carbocycles. The highest BCUT2D eigenvalue weighted by Crippen LogP contribution is 2.34. The molecule has 0 radical (unpaired) electrons. The molecule has 0 unspecified atom stereocenters. The van der Waals surface area contributed by atoms with Crippen LogP contribution >= 0.6 is 0 Å². The van der Waals surface area contributed by atoms with E-state index in [0.717, 1.165) is 18.4 Å². The van der Waals surface area contributed by atoms with Crippen molar-refractivity contribution in [2.24, 2.45) is 0 Å².